The molecule has 0 spiro atoms. The summed E-state index contributed by atoms with van der Waals surface area (Å²) >= 11 is 7.41. The molecule has 4 heteroatoms. The largest absolute Gasteiger partial charge is 0.298 e. The second kappa shape index (κ2) is 4.81. The van der Waals surface area contributed by atoms with E-state index in [1.165, 1.54) is 24.4 Å². The van der Waals surface area contributed by atoms with Gasteiger partial charge in [0, 0.05) is 24.2 Å². The van der Waals surface area contributed by atoms with Crippen molar-refractivity contribution < 1.29 is 0 Å². The van der Waals surface area contributed by atoms with Gasteiger partial charge in [-0.1, -0.05) is 25.4 Å². The molecule has 84 valence electrons. The number of likely N-dealkylation sites (tertiary alicyclic amines) is 1. The molecule has 1 atom stereocenters. The van der Waals surface area contributed by atoms with Crippen LogP contribution < -0.4 is 0 Å². The molecule has 1 aliphatic heterocycles. The van der Waals surface area contributed by atoms with Crippen molar-refractivity contribution in [2.24, 2.45) is 11.8 Å². The Morgan fingerprint density at radius 3 is 3.00 bits per heavy atom. The Labute approximate surface area is 100 Å². The van der Waals surface area contributed by atoms with Crippen molar-refractivity contribution >= 4 is 22.9 Å². The van der Waals surface area contributed by atoms with Gasteiger partial charge in [-0.15, -0.1) is 11.3 Å². The maximum absolute atomic E-state index is 5.81. The van der Waals surface area contributed by atoms with Crippen LogP contribution >= 0.6 is 22.9 Å². The third-order valence-electron chi connectivity index (χ3n) is 3.16. The Balaban J connectivity index is 1.87. The molecule has 0 aromatic carbocycles. The molecule has 1 aromatic rings. The van der Waals surface area contributed by atoms with Crippen molar-refractivity contribution in [3.63, 3.8) is 0 Å². The zero-order valence-electron chi connectivity index (χ0n) is 9.24. The predicted molar refractivity (Wildman–Crippen MR) is 65.3 cm³/mol. The highest BCUT2D eigenvalue weighted by Gasteiger charge is 2.24. The van der Waals surface area contributed by atoms with Crippen LogP contribution in [0.3, 0.4) is 0 Å². The summed E-state index contributed by atoms with van der Waals surface area (Å²) in [5.41, 5.74) is 0. The molecule has 1 saturated heterocycles. The number of hydrogen-bond acceptors (Lipinski definition) is 3. The van der Waals surface area contributed by atoms with Gasteiger partial charge < -0.3 is 0 Å². The number of halogens is 1. The van der Waals surface area contributed by atoms with E-state index in [1.54, 1.807) is 11.3 Å². The van der Waals surface area contributed by atoms with Crippen LogP contribution in [0.1, 0.15) is 25.1 Å². The van der Waals surface area contributed by atoms with Crippen molar-refractivity contribution in [3.05, 3.63) is 15.5 Å². The van der Waals surface area contributed by atoms with Gasteiger partial charge >= 0.3 is 0 Å². The summed E-state index contributed by atoms with van der Waals surface area (Å²) < 4.78 is 0.657. The summed E-state index contributed by atoms with van der Waals surface area (Å²) in [5, 5.41) is 0. The SMILES string of the molecule is CC(C)C1CCN(Cc2cnc(Cl)s2)C1. The molecule has 0 bridgehead atoms. The van der Waals surface area contributed by atoms with E-state index in [4.69, 9.17) is 11.6 Å². The van der Waals surface area contributed by atoms with Gasteiger partial charge in [0.25, 0.3) is 0 Å². The number of thiazole rings is 1. The first-order chi connectivity index (χ1) is 7.15. The Hall–Kier alpha value is -0.120. The molecule has 0 aliphatic carbocycles. The lowest BCUT2D eigenvalue weighted by Gasteiger charge is -2.16. The monoisotopic (exact) mass is 244 g/mol. The minimum Gasteiger partial charge on any atom is -0.298 e. The maximum atomic E-state index is 5.81. The number of nitrogens with zero attached hydrogens (tertiary/aromatic N) is 2. The van der Waals surface area contributed by atoms with Crippen LogP contribution in [0, 0.1) is 11.8 Å². The number of aromatic nitrogens is 1. The molecule has 2 rings (SSSR count). The second-order valence-corrected chi connectivity index (χ2v) is 6.30. The molecule has 2 heterocycles. The van der Waals surface area contributed by atoms with Gasteiger partial charge in [0.05, 0.1) is 0 Å². The van der Waals surface area contributed by atoms with Crippen LogP contribution in [0.25, 0.3) is 0 Å². The zero-order chi connectivity index (χ0) is 10.8. The van der Waals surface area contributed by atoms with E-state index in [-0.39, 0.29) is 0 Å². The van der Waals surface area contributed by atoms with Crippen molar-refractivity contribution in [1.82, 2.24) is 9.88 Å². The summed E-state index contributed by atoms with van der Waals surface area (Å²) in [5.74, 6) is 1.67. The zero-order valence-corrected chi connectivity index (χ0v) is 10.8. The molecular weight excluding hydrogens is 228 g/mol. The van der Waals surface area contributed by atoms with E-state index in [2.05, 4.69) is 23.7 Å². The van der Waals surface area contributed by atoms with Crippen LogP contribution in [0.4, 0.5) is 0 Å². The van der Waals surface area contributed by atoms with E-state index >= 15 is 0 Å². The molecule has 15 heavy (non-hydrogen) atoms. The average molecular weight is 245 g/mol. The average Bonchev–Trinajstić information content (AvgIpc) is 2.76. The maximum Gasteiger partial charge on any atom is 0.183 e. The Morgan fingerprint density at radius 1 is 1.67 bits per heavy atom. The lowest BCUT2D eigenvalue weighted by Crippen LogP contribution is -2.20. The smallest absolute Gasteiger partial charge is 0.183 e. The molecular formula is C11H17ClN2S. The van der Waals surface area contributed by atoms with E-state index in [0.29, 0.717) is 4.47 Å². The Bertz CT molecular complexity index is 324. The molecule has 1 aliphatic rings. The van der Waals surface area contributed by atoms with Crippen molar-refractivity contribution in [3.8, 4) is 0 Å². The fourth-order valence-corrected chi connectivity index (χ4v) is 3.15. The lowest BCUT2D eigenvalue weighted by atomic mass is 9.95. The van der Waals surface area contributed by atoms with Crippen molar-refractivity contribution in [2.75, 3.05) is 13.1 Å². The summed E-state index contributed by atoms with van der Waals surface area (Å²) in [6, 6.07) is 0. The quantitative estimate of drug-likeness (QED) is 0.811. The highest BCUT2D eigenvalue weighted by molar-refractivity contribution is 7.15. The highest BCUT2D eigenvalue weighted by atomic mass is 35.5. The van der Waals surface area contributed by atoms with Crippen LogP contribution in [0.15, 0.2) is 6.20 Å². The number of hydrogen-bond donors (Lipinski definition) is 0. The fraction of sp³-hybridized carbons (Fsp3) is 0.727. The molecule has 0 radical (unpaired) electrons. The molecule has 0 N–H and O–H groups in total. The molecule has 0 amide bonds. The molecule has 1 fully saturated rings. The summed E-state index contributed by atoms with van der Waals surface area (Å²) in [6.07, 6.45) is 3.24. The fourth-order valence-electron chi connectivity index (χ4n) is 2.13. The minimum absolute atomic E-state index is 0.657. The van der Waals surface area contributed by atoms with E-state index in [9.17, 15) is 0 Å². The van der Waals surface area contributed by atoms with Gasteiger partial charge in [-0.05, 0) is 24.8 Å². The first-order valence-electron chi connectivity index (χ1n) is 5.47. The van der Waals surface area contributed by atoms with E-state index in [0.717, 1.165) is 18.4 Å². The number of rotatable bonds is 3. The van der Waals surface area contributed by atoms with Gasteiger partial charge in [-0.3, -0.25) is 4.90 Å². The predicted octanol–water partition coefficient (Wildman–Crippen LogP) is 3.27. The second-order valence-electron chi connectivity index (χ2n) is 4.61. The van der Waals surface area contributed by atoms with Gasteiger partial charge in [0.1, 0.15) is 0 Å². The van der Waals surface area contributed by atoms with Crippen LogP contribution in [0.2, 0.25) is 4.47 Å². The van der Waals surface area contributed by atoms with Crippen LogP contribution in [-0.2, 0) is 6.54 Å². The third kappa shape index (κ3) is 2.92. The lowest BCUT2D eigenvalue weighted by molar-refractivity contribution is 0.299. The minimum atomic E-state index is 0.657. The standard InChI is InChI=1S/C11H17ClN2S/c1-8(2)9-3-4-14(6-9)7-10-5-13-11(12)15-10/h5,8-9H,3-4,6-7H2,1-2H3. The van der Waals surface area contributed by atoms with E-state index < -0.39 is 0 Å². The van der Waals surface area contributed by atoms with Crippen molar-refractivity contribution in [2.45, 2.75) is 26.8 Å². The topological polar surface area (TPSA) is 16.1 Å². The van der Waals surface area contributed by atoms with Gasteiger partial charge in [0.15, 0.2) is 4.47 Å². The first kappa shape index (κ1) is 11.4. The highest BCUT2D eigenvalue weighted by Crippen LogP contribution is 2.26. The summed E-state index contributed by atoms with van der Waals surface area (Å²) in [6.45, 7) is 8.11. The first-order valence-corrected chi connectivity index (χ1v) is 6.67. The van der Waals surface area contributed by atoms with Crippen LogP contribution in [0.5, 0.6) is 0 Å². The third-order valence-corrected chi connectivity index (χ3v) is 4.26. The normalized spacial score (nSPS) is 22.8. The molecule has 1 aromatic heterocycles. The Morgan fingerprint density at radius 2 is 2.47 bits per heavy atom. The summed E-state index contributed by atoms with van der Waals surface area (Å²) in [4.78, 5) is 7.86. The van der Waals surface area contributed by atoms with Crippen molar-refractivity contribution in [1.29, 1.82) is 0 Å². The Kier molecular flexibility index (Phi) is 3.65. The summed E-state index contributed by atoms with van der Waals surface area (Å²) in [7, 11) is 0. The van der Waals surface area contributed by atoms with Gasteiger partial charge in [-0.25, -0.2) is 4.98 Å². The van der Waals surface area contributed by atoms with Crippen LogP contribution in [-0.4, -0.2) is 23.0 Å². The van der Waals surface area contributed by atoms with Gasteiger partial charge in [-0.2, -0.15) is 0 Å². The van der Waals surface area contributed by atoms with Gasteiger partial charge in [0.2, 0.25) is 0 Å². The molecule has 1 unspecified atom stereocenters. The van der Waals surface area contributed by atoms with E-state index in [1.807, 2.05) is 6.20 Å². The molecule has 2 nitrogen and oxygen atoms in total. The molecule has 0 saturated carbocycles.